The third kappa shape index (κ3) is 4.48. The van der Waals surface area contributed by atoms with Crippen LogP contribution in [0.15, 0.2) is 24.5 Å². The van der Waals surface area contributed by atoms with Gasteiger partial charge in [-0.2, -0.15) is 0 Å². The number of benzene rings is 1. The molecular weight excluding hydrogens is 392 g/mol. The van der Waals surface area contributed by atoms with E-state index in [0.29, 0.717) is 30.0 Å². The summed E-state index contributed by atoms with van der Waals surface area (Å²) >= 11 is 0. The van der Waals surface area contributed by atoms with Crippen molar-refractivity contribution in [3.63, 3.8) is 0 Å². The van der Waals surface area contributed by atoms with Crippen LogP contribution in [0.2, 0.25) is 0 Å². The van der Waals surface area contributed by atoms with Gasteiger partial charge in [0.1, 0.15) is 17.8 Å². The Bertz CT molecular complexity index is 879. The molecule has 0 saturated carbocycles. The Balaban J connectivity index is 2.13. The van der Waals surface area contributed by atoms with Crippen LogP contribution in [-0.4, -0.2) is 48.7 Å². The Labute approximate surface area is 173 Å². The molecule has 10 nitrogen and oxygen atoms in total. The lowest BCUT2D eigenvalue weighted by molar-refractivity contribution is -0.386. The molecule has 1 fully saturated rings. The van der Waals surface area contributed by atoms with Gasteiger partial charge < -0.3 is 19.5 Å². The number of nitrogens with zero attached hydrogens (tertiary/aromatic N) is 3. The van der Waals surface area contributed by atoms with Gasteiger partial charge in [0.2, 0.25) is 0 Å². The topological polar surface area (TPSA) is 126 Å². The van der Waals surface area contributed by atoms with Crippen molar-refractivity contribution in [2.45, 2.75) is 25.4 Å². The first-order valence-corrected chi connectivity index (χ1v) is 9.61. The lowest BCUT2D eigenvalue weighted by Gasteiger charge is -2.26. The van der Waals surface area contributed by atoms with Gasteiger partial charge in [-0.15, -0.1) is 0 Å². The molecule has 2 aromatic rings. The Morgan fingerprint density at radius 2 is 1.90 bits per heavy atom. The van der Waals surface area contributed by atoms with E-state index in [4.69, 9.17) is 14.2 Å². The number of rotatable bonds is 9. The van der Waals surface area contributed by atoms with Crippen LogP contribution in [0.25, 0.3) is 11.3 Å². The maximum atomic E-state index is 12.1. The van der Waals surface area contributed by atoms with Crippen LogP contribution in [0.5, 0.6) is 11.5 Å². The number of ether oxygens (including phenoxy) is 3. The van der Waals surface area contributed by atoms with Crippen molar-refractivity contribution >= 4 is 12.2 Å². The first-order valence-electron chi connectivity index (χ1n) is 9.61. The molecule has 1 unspecified atom stereocenters. The zero-order valence-corrected chi connectivity index (χ0v) is 16.9. The standard InChI is InChI=1S/C20H24N4O6/c1-28-14-4-3-5-15(29-2)17(14)19-20(24(26)27)18(22-11-23-19)16(30-12-25)10-13-6-8-21-9-7-13/h3-5,11-13,16,21H,6-10H2,1-2H3. The van der Waals surface area contributed by atoms with Crippen LogP contribution in [0.3, 0.4) is 0 Å². The minimum atomic E-state index is -0.853. The van der Waals surface area contributed by atoms with Crippen molar-refractivity contribution in [2.24, 2.45) is 5.92 Å². The lowest BCUT2D eigenvalue weighted by atomic mass is 9.90. The summed E-state index contributed by atoms with van der Waals surface area (Å²) < 4.78 is 16.0. The van der Waals surface area contributed by atoms with E-state index in [9.17, 15) is 14.9 Å². The largest absolute Gasteiger partial charge is 0.496 e. The highest BCUT2D eigenvalue weighted by atomic mass is 16.6. The van der Waals surface area contributed by atoms with Gasteiger partial charge in [-0.1, -0.05) is 6.07 Å². The third-order valence-corrected chi connectivity index (χ3v) is 5.23. The van der Waals surface area contributed by atoms with Crippen molar-refractivity contribution in [2.75, 3.05) is 27.3 Å². The summed E-state index contributed by atoms with van der Waals surface area (Å²) in [5.41, 5.74) is 0.110. The molecular formula is C20H24N4O6. The molecule has 30 heavy (non-hydrogen) atoms. The summed E-state index contributed by atoms with van der Waals surface area (Å²) in [5, 5.41) is 15.4. The molecule has 3 rings (SSSR count). The summed E-state index contributed by atoms with van der Waals surface area (Å²) in [6.07, 6.45) is 2.61. The first-order chi connectivity index (χ1) is 14.6. The van der Waals surface area contributed by atoms with Gasteiger partial charge in [0.25, 0.3) is 6.47 Å². The molecule has 2 heterocycles. The summed E-state index contributed by atoms with van der Waals surface area (Å²) in [7, 11) is 2.92. The van der Waals surface area contributed by atoms with E-state index >= 15 is 0 Å². The normalized spacial score (nSPS) is 15.3. The van der Waals surface area contributed by atoms with Gasteiger partial charge >= 0.3 is 5.69 Å². The molecule has 1 N–H and O–H groups in total. The molecule has 0 aliphatic carbocycles. The van der Waals surface area contributed by atoms with Gasteiger partial charge in [-0.25, -0.2) is 9.97 Å². The lowest BCUT2D eigenvalue weighted by Crippen LogP contribution is -2.29. The number of hydrogen-bond acceptors (Lipinski definition) is 9. The average Bonchev–Trinajstić information content (AvgIpc) is 2.78. The van der Waals surface area contributed by atoms with E-state index in [1.54, 1.807) is 18.2 Å². The quantitative estimate of drug-likeness (QED) is 0.373. The summed E-state index contributed by atoms with van der Waals surface area (Å²) in [5.74, 6) is 0.997. The van der Waals surface area contributed by atoms with E-state index in [-0.39, 0.29) is 23.0 Å². The molecule has 1 atom stereocenters. The highest BCUT2D eigenvalue weighted by molar-refractivity contribution is 5.81. The van der Waals surface area contributed by atoms with E-state index < -0.39 is 11.0 Å². The number of nitro groups is 1. The van der Waals surface area contributed by atoms with Crippen LogP contribution in [0.4, 0.5) is 5.69 Å². The molecule has 0 spiro atoms. The molecule has 0 amide bonds. The Hall–Kier alpha value is -3.27. The predicted octanol–water partition coefficient (Wildman–Crippen LogP) is 2.67. The van der Waals surface area contributed by atoms with Crippen LogP contribution in [0, 0.1) is 16.0 Å². The first kappa shape index (κ1) is 21.4. The van der Waals surface area contributed by atoms with Gasteiger partial charge in [0.15, 0.2) is 17.5 Å². The zero-order valence-electron chi connectivity index (χ0n) is 16.9. The number of aromatic nitrogens is 2. The van der Waals surface area contributed by atoms with Crippen molar-refractivity contribution < 1.29 is 23.9 Å². The number of methoxy groups -OCH3 is 2. The number of carbonyl (C=O) groups excluding carboxylic acids is 1. The summed E-state index contributed by atoms with van der Waals surface area (Å²) in [4.78, 5) is 31.0. The number of carbonyl (C=O) groups is 1. The average molecular weight is 416 g/mol. The van der Waals surface area contributed by atoms with Gasteiger partial charge in [0, 0.05) is 0 Å². The second kappa shape index (κ2) is 9.97. The molecule has 1 aliphatic rings. The Kier molecular flexibility index (Phi) is 7.12. The maximum Gasteiger partial charge on any atom is 0.320 e. The van der Waals surface area contributed by atoms with Crippen LogP contribution in [0.1, 0.15) is 31.1 Å². The molecule has 1 aromatic carbocycles. The van der Waals surface area contributed by atoms with Crippen molar-refractivity contribution in [1.82, 2.24) is 15.3 Å². The van der Waals surface area contributed by atoms with Gasteiger partial charge in [-0.05, 0) is 50.4 Å². The molecule has 10 heteroatoms. The maximum absolute atomic E-state index is 12.1. The van der Waals surface area contributed by atoms with E-state index in [1.165, 1.54) is 20.5 Å². The molecule has 0 bridgehead atoms. The minimum Gasteiger partial charge on any atom is -0.496 e. The van der Waals surface area contributed by atoms with E-state index in [2.05, 4.69) is 15.3 Å². The Morgan fingerprint density at radius 3 is 2.47 bits per heavy atom. The number of hydrogen-bond donors (Lipinski definition) is 1. The highest BCUT2D eigenvalue weighted by Gasteiger charge is 2.34. The van der Waals surface area contributed by atoms with Crippen molar-refractivity contribution in [1.29, 1.82) is 0 Å². The number of piperidine rings is 1. The molecule has 1 aromatic heterocycles. The second-order valence-electron chi connectivity index (χ2n) is 6.90. The van der Waals surface area contributed by atoms with Crippen molar-refractivity contribution in [3.05, 3.63) is 40.3 Å². The van der Waals surface area contributed by atoms with Crippen molar-refractivity contribution in [3.8, 4) is 22.8 Å². The fraction of sp³-hybridized carbons (Fsp3) is 0.450. The zero-order chi connectivity index (χ0) is 21.5. The van der Waals surface area contributed by atoms with Gasteiger partial charge in [0.05, 0.1) is 24.7 Å². The van der Waals surface area contributed by atoms with Crippen LogP contribution in [-0.2, 0) is 9.53 Å². The van der Waals surface area contributed by atoms with Crippen LogP contribution >= 0.6 is 0 Å². The van der Waals surface area contributed by atoms with E-state index in [1.807, 2.05) is 0 Å². The predicted molar refractivity (Wildman–Crippen MR) is 107 cm³/mol. The molecule has 0 radical (unpaired) electrons. The molecule has 1 saturated heterocycles. The Morgan fingerprint density at radius 1 is 1.23 bits per heavy atom. The fourth-order valence-electron chi connectivity index (χ4n) is 3.79. The summed E-state index contributed by atoms with van der Waals surface area (Å²) in [6.45, 7) is 2.02. The van der Waals surface area contributed by atoms with Crippen LogP contribution < -0.4 is 14.8 Å². The number of nitrogens with one attached hydrogen (secondary N) is 1. The second-order valence-corrected chi connectivity index (χ2v) is 6.90. The molecule has 1 aliphatic heterocycles. The van der Waals surface area contributed by atoms with Gasteiger partial charge in [-0.3, -0.25) is 14.9 Å². The monoisotopic (exact) mass is 416 g/mol. The smallest absolute Gasteiger partial charge is 0.320 e. The highest BCUT2D eigenvalue weighted by Crippen LogP contribution is 2.44. The van der Waals surface area contributed by atoms with E-state index in [0.717, 1.165) is 25.9 Å². The SMILES string of the molecule is COc1cccc(OC)c1-c1ncnc(C(CC2CCNCC2)OC=O)c1[N+](=O)[O-]. The summed E-state index contributed by atoms with van der Waals surface area (Å²) in [6, 6.07) is 5.04. The minimum absolute atomic E-state index is 0.0455. The molecule has 160 valence electrons. The third-order valence-electron chi connectivity index (χ3n) is 5.23. The fourth-order valence-corrected chi connectivity index (χ4v) is 3.79.